The molecule has 3 aromatic rings. The van der Waals surface area contributed by atoms with Gasteiger partial charge in [-0.1, -0.05) is 24.3 Å². The van der Waals surface area contributed by atoms with E-state index in [1.54, 1.807) is 12.1 Å². The van der Waals surface area contributed by atoms with E-state index in [1.807, 2.05) is 24.3 Å². The molecule has 1 aliphatic carbocycles. The lowest BCUT2D eigenvalue weighted by molar-refractivity contribution is 0.0612. The van der Waals surface area contributed by atoms with Gasteiger partial charge in [-0.3, -0.25) is 14.5 Å². The van der Waals surface area contributed by atoms with Crippen molar-refractivity contribution in [1.82, 2.24) is 4.90 Å². The highest BCUT2D eigenvalue weighted by Gasteiger charge is 2.34. The smallest absolute Gasteiger partial charge is 0.261 e. The fourth-order valence-corrected chi connectivity index (χ4v) is 4.16. The number of aryl methyl sites for hydroxylation is 2. The summed E-state index contributed by atoms with van der Waals surface area (Å²) in [5, 5.41) is 1.92. The van der Waals surface area contributed by atoms with Crippen LogP contribution in [0.3, 0.4) is 0 Å². The minimum atomic E-state index is -0.295. The van der Waals surface area contributed by atoms with Crippen molar-refractivity contribution in [3.05, 3.63) is 82.2 Å². The highest BCUT2D eigenvalue weighted by molar-refractivity contribution is 6.26. The van der Waals surface area contributed by atoms with Gasteiger partial charge in [-0.15, -0.1) is 0 Å². The van der Waals surface area contributed by atoms with Crippen molar-refractivity contribution in [2.24, 2.45) is 0 Å². The lowest BCUT2D eigenvalue weighted by Crippen LogP contribution is -2.41. The largest absolute Gasteiger partial charge is 0.274 e. The van der Waals surface area contributed by atoms with Crippen molar-refractivity contribution in [3.63, 3.8) is 0 Å². The SMILES string of the molecule is O=C1c2ccc3c4c(ccc(c24)C(=O)N1CCc1ccc(F)cc1)CC3. The molecule has 0 unspecified atom stereocenters. The molecule has 0 saturated carbocycles. The summed E-state index contributed by atoms with van der Waals surface area (Å²) >= 11 is 0. The number of hydrogen-bond acceptors (Lipinski definition) is 2. The predicted octanol–water partition coefficient (Wildman–Crippen LogP) is 3.92. The van der Waals surface area contributed by atoms with E-state index in [-0.39, 0.29) is 24.2 Å². The van der Waals surface area contributed by atoms with E-state index in [4.69, 9.17) is 0 Å². The second-order valence-electron chi connectivity index (χ2n) is 6.93. The standard InChI is InChI=1S/C22H16FNO2/c23-16-7-1-13(2-8-16)11-12-24-21(25)17-9-5-14-3-4-15-6-10-18(22(24)26)20(17)19(14)15/h1-2,5-10H,3-4,11-12H2. The number of amides is 2. The number of benzene rings is 3. The van der Waals surface area contributed by atoms with Gasteiger partial charge in [0.15, 0.2) is 0 Å². The Bertz CT molecular complexity index is 1030. The van der Waals surface area contributed by atoms with Gasteiger partial charge in [0.05, 0.1) is 0 Å². The fraction of sp³-hybridized carbons (Fsp3) is 0.182. The molecule has 2 amide bonds. The van der Waals surface area contributed by atoms with Gasteiger partial charge < -0.3 is 0 Å². The average Bonchev–Trinajstić information content (AvgIpc) is 3.08. The summed E-state index contributed by atoms with van der Waals surface area (Å²) in [6.07, 6.45) is 2.44. The quantitative estimate of drug-likeness (QED) is 0.675. The normalized spacial score (nSPS) is 15.2. The van der Waals surface area contributed by atoms with Crippen LogP contribution in [-0.4, -0.2) is 23.3 Å². The first-order valence-corrected chi connectivity index (χ1v) is 8.81. The minimum Gasteiger partial charge on any atom is -0.274 e. The molecule has 0 N–H and O–H groups in total. The lowest BCUT2D eigenvalue weighted by atomic mass is 9.91. The summed E-state index contributed by atoms with van der Waals surface area (Å²) in [5.41, 5.74) is 4.57. The zero-order valence-electron chi connectivity index (χ0n) is 14.1. The molecular weight excluding hydrogens is 329 g/mol. The van der Waals surface area contributed by atoms with Crippen molar-refractivity contribution in [2.45, 2.75) is 19.3 Å². The van der Waals surface area contributed by atoms with Crippen LogP contribution in [0.4, 0.5) is 4.39 Å². The molecule has 0 bridgehead atoms. The van der Waals surface area contributed by atoms with Gasteiger partial charge in [0, 0.05) is 23.1 Å². The number of carbonyl (C=O) groups excluding carboxylic acids is 2. The van der Waals surface area contributed by atoms with Gasteiger partial charge in [0.25, 0.3) is 11.8 Å². The summed E-state index contributed by atoms with van der Waals surface area (Å²) in [6, 6.07) is 13.9. The molecule has 0 saturated heterocycles. The Balaban J connectivity index is 1.53. The Morgan fingerprint density at radius 3 is 1.92 bits per heavy atom. The van der Waals surface area contributed by atoms with Crippen molar-refractivity contribution in [2.75, 3.05) is 6.54 Å². The van der Waals surface area contributed by atoms with Gasteiger partial charge in [-0.05, 0) is 65.6 Å². The van der Waals surface area contributed by atoms with Crippen LogP contribution in [0.1, 0.15) is 37.4 Å². The molecule has 3 nitrogen and oxygen atoms in total. The van der Waals surface area contributed by atoms with Crippen LogP contribution in [0.25, 0.3) is 10.8 Å². The second kappa shape index (κ2) is 5.49. The molecule has 0 atom stereocenters. The Kier molecular flexibility index (Phi) is 3.23. The summed E-state index contributed by atoms with van der Waals surface area (Å²) in [5.74, 6) is -0.767. The zero-order valence-corrected chi connectivity index (χ0v) is 14.1. The number of carbonyl (C=O) groups is 2. The Labute approximate surface area is 150 Å². The van der Waals surface area contributed by atoms with Gasteiger partial charge in [-0.25, -0.2) is 4.39 Å². The minimum absolute atomic E-state index is 0.236. The molecule has 2 aliphatic rings. The van der Waals surface area contributed by atoms with Crippen LogP contribution in [-0.2, 0) is 19.3 Å². The van der Waals surface area contributed by atoms with Crippen molar-refractivity contribution < 1.29 is 14.0 Å². The highest BCUT2D eigenvalue weighted by atomic mass is 19.1. The van der Waals surface area contributed by atoms with Gasteiger partial charge >= 0.3 is 0 Å². The maximum Gasteiger partial charge on any atom is 0.261 e. The average molecular weight is 345 g/mol. The molecule has 3 aromatic carbocycles. The summed E-state index contributed by atoms with van der Waals surface area (Å²) < 4.78 is 13.1. The van der Waals surface area contributed by atoms with Crippen LogP contribution < -0.4 is 0 Å². The molecule has 0 aromatic heterocycles. The van der Waals surface area contributed by atoms with E-state index in [2.05, 4.69) is 0 Å². The maximum atomic E-state index is 13.1. The molecule has 0 fully saturated rings. The van der Waals surface area contributed by atoms with Crippen molar-refractivity contribution >= 4 is 22.6 Å². The van der Waals surface area contributed by atoms with Crippen LogP contribution in [0.15, 0.2) is 48.5 Å². The number of rotatable bonds is 3. The Morgan fingerprint density at radius 1 is 0.769 bits per heavy atom. The van der Waals surface area contributed by atoms with E-state index in [1.165, 1.54) is 28.2 Å². The predicted molar refractivity (Wildman–Crippen MR) is 96.8 cm³/mol. The van der Waals surface area contributed by atoms with Gasteiger partial charge in [0.2, 0.25) is 0 Å². The second-order valence-corrected chi connectivity index (χ2v) is 6.93. The lowest BCUT2D eigenvalue weighted by Gasteiger charge is -2.27. The third-order valence-corrected chi connectivity index (χ3v) is 5.49. The van der Waals surface area contributed by atoms with Crippen LogP contribution in [0, 0.1) is 5.82 Å². The van der Waals surface area contributed by atoms with E-state index in [0.717, 1.165) is 29.2 Å². The number of halogens is 1. The topological polar surface area (TPSA) is 37.4 Å². The molecule has 5 rings (SSSR count). The number of nitrogens with zero attached hydrogens (tertiary/aromatic N) is 1. The molecule has 1 aliphatic heterocycles. The molecule has 4 heteroatoms. The van der Waals surface area contributed by atoms with E-state index in [9.17, 15) is 14.0 Å². The summed E-state index contributed by atoms with van der Waals surface area (Å²) in [6.45, 7) is 0.285. The first-order valence-electron chi connectivity index (χ1n) is 8.81. The van der Waals surface area contributed by atoms with Crippen molar-refractivity contribution in [3.8, 4) is 0 Å². The molecule has 128 valence electrons. The van der Waals surface area contributed by atoms with Gasteiger partial charge in [-0.2, -0.15) is 0 Å². The van der Waals surface area contributed by atoms with E-state index >= 15 is 0 Å². The zero-order chi connectivity index (χ0) is 17.8. The fourth-order valence-electron chi connectivity index (χ4n) is 4.16. The first kappa shape index (κ1) is 15.3. The molecule has 0 spiro atoms. The van der Waals surface area contributed by atoms with Gasteiger partial charge in [0.1, 0.15) is 5.82 Å². The molecule has 0 radical (unpaired) electrons. The van der Waals surface area contributed by atoms with Crippen LogP contribution in [0.2, 0.25) is 0 Å². The number of imide groups is 1. The monoisotopic (exact) mass is 345 g/mol. The third kappa shape index (κ3) is 2.11. The Morgan fingerprint density at radius 2 is 1.35 bits per heavy atom. The molecule has 1 heterocycles. The van der Waals surface area contributed by atoms with E-state index in [0.29, 0.717) is 17.5 Å². The summed E-state index contributed by atoms with van der Waals surface area (Å²) in [7, 11) is 0. The van der Waals surface area contributed by atoms with Crippen LogP contribution >= 0.6 is 0 Å². The highest BCUT2D eigenvalue weighted by Crippen LogP contribution is 2.38. The summed E-state index contributed by atoms with van der Waals surface area (Å²) in [4.78, 5) is 27.3. The number of hydrogen-bond donors (Lipinski definition) is 0. The van der Waals surface area contributed by atoms with Crippen LogP contribution in [0.5, 0.6) is 0 Å². The molecular formula is C22H16FNO2. The Hall–Kier alpha value is -3.01. The molecule has 26 heavy (non-hydrogen) atoms. The first-order chi connectivity index (χ1) is 12.6. The third-order valence-electron chi connectivity index (χ3n) is 5.49. The van der Waals surface area contributed by atoms with E-state index < -0.39 is 0 Å². The maximum absolute atomic E-state index is 13.1. The van der Waals surface area contributed by atoms with Crippen molar-refractivity contribution in [1.29, 1.82) is 0 Å².